The Balaban J connectivity index is 2.65. The Morgan fingerprint density at radius 1 is 1.29 bits per heavy atom. The van der Waals surface area contributed by atoms with Crippen LogP contribution in [-0.4, -0.2) is 23.5 Å². The van der Waals surface area contributed by atoms with Crippen molar-refractivity contribution in [2.75, 3.05) is 0 Å². The molecule has 4 nitrogen and oxygen atoms in total. The van der Waals surface area contributed by atoms with Crippen molar-refractivity contribution in [1.82, 2.24) is 0 Å². The SMILES string of the molecule is CC(=O)C1=C2C=NN=C2C(=O)C(C(C)(C)C)=C1. The van der Waals surface area contributed by atoms with Gasteiger partial charge < -0.3 is 0 Å². The van der Waals surface area contributed by atoms with Gasteiger partial charge in [-0.25, -0.2) is 0 Å². The van der Waals surface area contributed by atoms with Gasteiger partial charge >= 0.3 is 0 Å². The van der Waals surface area contributed by atoms with E-state index in [9.17, 15) is 9.59 Å². The van der Waals surface area contributed by atoms with Crippen molar-refractivity contribution in [2.24, 2.45) is 15.6 Å². The highest BCUT2D eigenvalue weighted by Gasteiger charge is 2.35. The first-order valence-corrected chi connectivity index (χ1v) is 5.46. The van der Waals surface area contributed by atoms with Gasteiger partial charge in [-0.15, -0.1) is 5.10 Å². The minimum atomic E-state index is -0.311. The molecule has 17 heavy (non-hydrogen) atoms. The number of nitrogens with zero attached hydrogens (tertiary/aromatic N) is 2. The van der Waals surface area contributed by atoms with Crippen LogP contribution in [-0.2, 0) is 9.59 Å². The summed E-state index contributed by atoms with van der Waals surface area (Å²) in [6.07, 6.45) is 3.15. The van der Waals surface area contributed by atoms with Crippen molar-refractivity contribution in [2.45, 2.75) is 27.7 Å². The summed E-state index contributed by atoms with van der Waals surface area (Å²) in [5.74, 6) is -0.203. The number of hydrogen-bond donors (Lipinski definition) is 0. The third-order valence-corrected chi connectivity index (χ3v) is 2.83. The fourth-order valence-electron chi connectivity index (χ4n) is 1.89. The van der Waals surface area contributed by atoms with Crippen LogP contribution >= 0.6 is 0 Å². The second-order valence-corrected chi connectivity index (χ2v) is 5.21. The number of carbonyl (C=O) groups excluding carboxylic acids is 2. The maximum absolute atomic E-state index is 12.2. The Morgan fingerprint density at radius 2 is 1.94 bits per heavy atom. The molecule has 0 aromatic carbocycles. The van der Waals surface area contributed by atoms with Gasteiger partial charge in [-0.2, -0.15) is 5.10 Å². The molecule has 0 radical (unpaired) electrons. The Morgan fingerprint density at radius 3 is 2.47 bits per heavy atom. The summed E-state index contributed by atoms with van der Waals surface area (Å²) in [6, 6.07) is 0. The van der Waals surface area contributed by atoms with E-state index < -0.39 is 0 Å². The summed E-state index contributed by atoms with van der Waals surface area (Å²) in [6.45, 7) is 7.31. The molecule has 1 aliphatic carbocycles. The second kappa shape index (κ2) is 3.58. The molecular weight excluding hydrogens is 216 g/mol. The maximum atomic E-state index is 12.2. The average molecular weight is 230 g/mol. The van der Waals surface area contributed by atoms with Gasteiger partial charge in [0.2, 0.25) is 5.78 Å². The van der Waals surface area contributed by atoms with Crippen LogP contribution in [0.3, 0.4) is 0 Å². The van der Waals surface area contributed by atoms with E-state index in [2.05, 4.69) is 10.2 Å². The van der Waals surface area contributed by atoms with E-state index in [1.54, 1.807) is 6.08 Å². The molecule has 0 bridgehead atoms. The molecule has 0 amide bonds. The topological polar surface area (TPSA) is 58.9 Å². The highest BCUT2D eigenvalue weighted by Crippen LogP contribution is 2.33. The molecule has 0 saturated carbocycles. The lowest BCUT2D eigenvalue weighted by atomic mass is 9.76. The fraction of sp³-hybridized carbons (Fsp3) is 0.385. The number of ketones is 2. The summed E-state index contributed by atoms with van der Waals surface area (Å²) in [5, 5.41) is 7.55. The molecule has 0 aromatic rings. The normalized spacial score (nSPS) is 19.2. The third kappa shape index (κ3) is 1.79. The Hall–Kier alpha value is -1.84. The Labute approximate surface area is 99.8 Å². The van der Waals surface area contributed by atoms with Gasteiger partial charge in [0.15, 0.2) is 5.78 Å². The highest BCUT2D eigenvalue weighted by molar-refractivity contribution is 6.58. The number of rotatable bonds is 1. The number of allylic oxidation sites excluding steroid dienone is 4. The molecule has 0 aromatic heterocycles. The zero-order valence-electron chi connectivity index (χ0n) is 10.4. The van der Waals surface area contributed by atoms with Gasteiger partial charge in [0.05, 0.1) is 6.21 Å². The Kier molecular flexibility index (Phi) is 2.45. The van der Waals surface area contributed by atoms with Gasteiger partial charge in [0.25, 0.3) is 0 Å². The maximum Gasteiger partial charge on any atom is 0.210 e. The third-order valence-electron chi connectivity index (χ3n) is 2.83. The van der Waals surface area contributed by atoms with Crippen molar-refractivity contribution in [1.29, 1.82) is 0 Å². The molecule has 0 saturated heterocycles. The van der Waals surface area contributed by atoms with Crippen LogP contribution in [0.2, 0.25) is 0 Å². The van der Waals surface area contributed by atoms with Crippen LogP contribution in [0.15, 0.2) is 33.0 Å². The average Bonchev–Trinajstić information content (AvgIpc) is 2.64. The predicted molar refractivity (Wildman–Crippen MR) is 66.2 cm³/mol. The van der Waals surface area contributed by atoms with Crippen molar-refractivity contribution >= 4 is 23.5 Å². The number of carbonyl (C=O) groups is 2. The van der Waals surface area contributed by atoms with Crippen LogP contribution in [0.1, 0.15) is 27.7 Å². The fourth-order valence-corrected chi connectivity index (χ4v) is 1.89. The van der Waals surface area contributed by atoms with Crippen molar-refractivity contribution in [3.63, 3.8) is 0 Å². The van der Waals surface area contributed by atoms with Gasteiger partial charge in [0, 0.05) is 16.7 Å². The van der Waals surface area contributed by atoms with Gasteiger partial charge in [-0.3, -0.25) is 9.59 Å². The summed E-state index contributed by atoms with van der Waals surface area (Å²) in [4.78, 5) is 23.8. The summed E-state index contributed by atoms with van der Waals surface area (Å²) in [7, 11) is 0. The lowest BCUT2D eigenvalue weighted by Crippen LogP contribution is -2.30. The minimum Gasteiger partial charge on any atom is -0.294 e. The summed E-state index contributed by atoms with van der Waals surface area (Å²) in [5.41, 5.74) is 1.66. The van der Waals surface area contributed by atoms with Gasteiger partial charge in [-0.05, 0) is 18.4 Å². The van der Waals surface area contributed by atoms with Crippen molar-refractivity contribution in [3.8, 4) is 0 Å². The first-order chi connectivity index (χ1) is 7.82. The van der Waals surface area contributed by atoms with E-state index in [1.807, 2.05) is 20.8 Å². The standard InChI is InChI=1S/C13H14N2O2/c1-7(16)8-5-10(13(2,3)4)12(17)11-9(8)6-14-15-11/h5-6H,1-4H3. The van der Waals surface area contributed by atoms with Crippen LogP contribution < -0.4 is 0 Å². The van der Waals surface area contributed by atoms with E-state index in [0.29, 0.717) is 22.4 Å². The van der Waals surface area contributed by atoms with Gasteiger partial charge in [0.1, 0.15) is 5.71 Å². The highest BCUT2D eigenvalue weighted by atomic mass is 16.1. The molecule has 1 heterocycles. The summed E-state index contributed by atoms with van der Waals surface area (Å²) < 4.78 is 0. The van der Waals surface area contributed by atoms with E-state index in [0.717, 1.165) is 0 Å². The Bertz CT molecular complexity index is 540. The molecular formula is C13H14N2O2. The molecule has 0 fully saturated rings. The predicted octanol–water partition coefficient (Wildman–Crippen LogP) is 1.87. The van der Waals surface area contributed by atoms with Crippen LogP contribution in [0.5, 0.6) is 0 Å². The van der Waals surface area contributed by atoms with Gasteiger partial charge in [-0.1, -0.05) is 20.8 Å². The molecule has 2 aliphatic rings. The molecule has 1 aliphatic heterocycles. The number of Topliss-reactive ketones (excluding diaryl/α,β-unsaturated/α-hetero) is 2. The monoisotopic (exact) mass is 230 g/mol. The molecule has 0 N–H and O–H groups in total. The number of hydrogen-bond acceptors (Lipinski definition) is 4. The van der Waals surface area contributed by atoms with Crippen LogP contribution in [0.4, 0.5) is 0 Å². The molecule has 2 rings (SSSR count). The lowest BCUT2D eigenvalue weighted by molar-refractivity contribution is -0.113. The molecule has 0 atom stereocenters. The minimum absolute atomic E-state index is 0.0738. The van der Waals surface area contributed by atoms with E-state index >= 15 is 0 Å². The van der Waals surface area contributed by atoms with Crippen molar-refractivity contribution < 1.29 is 9.59 Å². The largest absolute Gasteiger partial charge is 0.294 e. The van der Waals surface area contributed by atoms with Crippen molar-refractivity contribution in [3.05, 3.63) is 22.8 Å². The second-order valence-electron chi connectivity index (χ2n) is 5.21. The zero-order chi connectivity index (χ0) is 12.8. The van der Waals surface area contributed by atoms with Crippen LogP contribution in [0.25, 0.3) is 0 Å². The number of fused-ring (bicyclic) bond motifs is 1. The lowest BCUT2D eigenvalue weighted by Gasteiger charge is -2.25. The first kappa shape index (κ1) is 11.6. The molecule has 0 unspecified atom stereocenters. The molecule has 0 spiro atoms. The van der Waals surface area contributed by atoms with E-state index in [1.165, 1.54) is 13.1 Å². The van der Waals surface area contributed by atoms with Crippen LogP contribution in [0, 0.1) is 5.41 Å². The molecule has 88 valence electrons. The first-order valence-electron chi connectivity index (χ1n) is 5.46. The molecule has 4 heteroatoms. The zero-order valence-corrected chi connectivity index (χ0v) is 10.4. The quantitative estimate of drug-likeness (QED) is 0.645. The summed E-state index contributed by atoms with van der Waals surface area (Å²) >= 11 is 0. The smallest absolute Gasteiger partial charge is 0.210 e. The van der Waals surface area contributed by atoms with E-state index in [4.69, 9.17) is 0 Å². The van der Waals surface area contributed by atoms with E-state index in [-0.39, 0.29) is 17.0 Å².